The first kappa shape index (κ1) is 31.4. The number of benzene rings is 8. The summed E-state index contributed by atoms with van der Waals surface area (Å²) >= 11 is 1.75. The van der Waals surface area contributed by atoms with Crippen LogP contribution in [0, 0.1) is 0 Å². The molecule has 3 heterocycles. The van der Waals surface area contributed by atoms with Crippen LogP contribution in [0.1, 0.15) is 0 Å². The molecule has 0 fully saturated rings. The van der Waals surface area contributed by atoms with Crippen LogP contribution < -0.4 is 0 Å². The molecule has 0 spiro atoms. The number of rotatable bonds is 5. The molecule has 11 aromatic rings. The highest BCUT2D eigenvalue weighted by Gasteiger charge is 2.17. The maximum Gasteiger partial charge on any atom is 0.164 e. The van der Waals surface area contributed by atoms with Gasteiger partial charge in [-0.25, -0.2) is 19.9 Å². The van der Waals surface area contributed by atoms with Gasteiger partial charge in [-0.2, -0.15) is 0 Å². The molecule has 0 aliphatic heterocycles. The van der Waals surface area contributed by atoms with Crippen LogP contribution in [0.2, 0.25) is 0 Å². The second kappa shape index (κ2) is 12.8. The van der Waals surface area contributed by atoms with Gasteiger partial charge in [0.1, 0.15) is 4.83 Å². The number of hydrogen-bond acceptors (Lipinski definition) is 5. The summed E-state index contributed by atoms with van der Waals surface area (Å²) in [5, 5.41) is 9.82. The van der Waals surface area contributed by atoms with E-state index < -0.39 is 0 Å². The summed E-state index contributed by atoms with van der Waals surface area (Å²) in [6, 6.07) is 63.9. The van der Waals surface area contributed by atoms with E-state index in [1.54, 1.807) is 11.3 Å². The Morgan fingerprint density at radius 2 is 0.818 bits per heavy atom. The Balaban J connectivity index is 1.00. The van der Waals surface area contributed by atoms with Gasteiger partial charge in [0.2, 0.25) is 0 Å². The fourth-order valence-corrected chi connectivity index (χ4v) is 8.97. The van der Waals surface area contributed by atoms with Gasteiger partial charge in [-0.1, -0.05) is 170 Å². The molecule has 0 atom stereocenters. The van der Waals surface area contributed by atoms with Crippen molar-refractivity contribution in [3.63, 3.8) is 0 Å². The number of pyridine rings is 1. The first-order valence-electron chi connectivity index (χ1n) is 18.4. The average molecular weight is 719 g/mol. The van der Waals surface area contributed by atoms with Gasteiger partial charge in [-0.3, -0.25) is 0 Å². The molecule has 0 amide bonds. The largest absolute Gasteiger partial charge is 0.236 e. The van der Waals surface area contributed by atoms with E-state index in [4.69, 9.17) is 19.9 Å². The summed E-state index contributed by atoms with van der Waals surface area (Å²) in [4.78, 5) is 21.4. The minimum Gasteiger partial charge on any atom is -0.236 e. The zero-order valence-corrected chi connectivity index (χ0v) is 30.3. The molecule has 0 aliphatic carbocycles. The van der Waals surface area contributed by atoms with E-state index in [1.165, 1.54) is 48.0 Å². The van der Waals surface area contributed by atoms with Crippen molar-refractivity contribution in [3.05, 3.63) is 182 Å². The van der Waals surface area contributed by atoms with Crippen LogP contribution in [0.4, 0.5) is 0 Å². The molecule has 0 aliphatic rings. The highest BCUT2D eigenvalue weighted by Crippen LogP contribution is 2.41. The number of thiophene rings is 1. The molecule has 4 nitrogen and oxygen atoms in total. The molecule has 11 rings (SSSR count). The van der Waals surface area contributed by atoms with E-state index in [-0.39, 0.29) is 0 Å². The lowest BCUT2D eigenvalue weighted by Gasteiger charge is -2.12. The van der Waals surface area contributed by atoms with Crippen LogP contribution in [0.25, 0.3) is 109 Å². The van der Waals surface area contributed by atoms with Crippen LogP contribution in [-0.4, -0.2) is 19.9 Å². The molecular weight excluding hydrogens is 689 g/mol. The van der Waals surface area contributed by atoms with Gasteiger partial charge in [-0.15, -0.1) is 11.3 Å². The van der Waals surface area contributed by atoms with Crippen LogP contribution in [-0.2, 0) is 0 Å². The lowest BCUT2D eigenvalue weighted by molar-refractivity contribution is 1.07. The summed E-state index contributed by atoms with van der Waals surface area (Å²) in [6.45, 7) is 0. The summed E-state index contributed by atoms with van der Waals surface area (Å²) in [5.41, 5.74) is 7.16. The van der Waals surface area contributed by atoms with Crippen molar-refractivity contribution in [1.29, 1.82) is 0 Å². The minimum absolute atomic E-state index is 0.623. The molecular formula is C50H30N4S. The van der Waals surface area contributed by atoms with Crippen molar-refractivity contribution < 1.29 is 0 Å². The maximum absolute atomic E-state index is 5.26. The van der Waals surface area contributed by atoms with Gasteiger partial charge in [-0.05, 0) is 50.2 Å². The smallest absolute Gasteiger partial charge is 0.164 e. The Morgan fingerprint density at radius 3 is 1.51 bits per heavy atom. The molecule has 0 saturated heterocycles. The third-order valence-corrected chi connectivity index (χ3v) is 11.6. The molecule has 0 radical (unpaired) electrons. The van der Waals surface area contributed by atoms with Gasteiger partial charge in [0.15, 0.2) is 17.5 Å². The first-order valence-corrected chi connectivity index (χ1v) is 19.2. The third kappa shape index (κ3) is 5.36. The van der Waals surface area contributed by atoms with Crippen molar-refractivity contribution in [1.82, 2.24) is 19.9 Å². The SMILES string of the molecule is c1ccc(-c2nc(-c3ccc(-c4cc5ccccc5c5ccccc45)cc3)nc(-c3ccc(-c4nc5sc6ccccc6c5c5ccccc45)cc3)n2)cc1. The molecule has 3 aromatic heterocycles. The van der Waals surface area contributed by atoms with Crippen molar-refractivity contribution in [3.8, 4) is 56.5 Å². The Labute approximate surface area is 321 Å². The summed E-state index contributed by atoms with van der Waals surface area (Å²) in [6.07, 6.45) is 0. The van der Waals surface area contributed by atoms with Crippen LogP contribution in [0.5, 0.6) is 0 Å². The normalized spacial score (nSPS) is 11.6. The van der Waals surface area contributed by atoms with E-state index in [0.29, 0.717) is 17.5 Å². The van der Waals surface area contributed by atoms with Crippen molar-refractivity contribution in [2.45, 2.75) is 0 Å². The predicted octanol–water partition coefficient (Wildman–Crippen LogP) is 13.4. The third-order valence-electron chi connectivity index (χ3n) is 10.5. The van der Waals surface area contributed by atoms with Crippen LogP contribution in [0.15, 0.2) is 182 Å². The average Bonchev–Trinajstić information content (AvgIpc) is 3.65. The van der Waals surface area contributed by atoms with Crippen molar-refractivity contribution >= 4 is 64.0 Å². The topological polar surface area (TPSA) is 51.6 Å². The van der Waals surface area contributed by atoms with E-state index in [9.17, 15) is 0 Å². The number of nitrogens with zero attached hydrogens (tertiary/aromatic N) is 4. The monoisotopic (exact) mass is 718 g/mol. The van der Waals surface area contributed by atoms with E-state index >= 15 is 0 Å². The van der Waals surface area contributed by atoms with Gasteiger partial charge < -0.3 is 0 Å². The van der Waals surface area contributed by atoms with Crippen molar-refractivity contribution in [2.24, 2.45) is 0 Å². The highest BCUT2D eigenvalue weighted by molar-refractivity contribution is 7.25. The first-order chi connectivity index (χ1) is 27.2. The minimum atomic E-state index is 0.623. The molecule has 0 unspecified atom stereocenters. The summed E-state index contributed by atoms with van der Waals surface area (Å²) < 4.78 is 1.25. The molecule has 256 valence electrons. The standard InChI is InChI=1S/C50H30N4S/c1-2-12-33(13-3-1)47-52-48(34-26-22-31(23-27-34)43-30-36-14-4-5-15-37(36)38-16-6-7-17-39(38)43)54-49(53-47)35-28-24-32(25-29-35)46-41-19-9-8-18-40(41)45-42-20-10-11-21-44(42)55-50(45)51-46/h1-30H. The number of hydrogen-bond donors (Lipinski definition) is 0. The van der Waals surface area contributed by atoms with Gasteiger partial charge >= 0.3 is 0 Å². The zero-order chi connectivity index (χ0) is 36.3. The maximum atomic E-state index is 5.26. The predicted molar refractivity (Wildman–Crippen MR) is 230 cm³/mol. The van der Waals surface area contributed by atoms with Gasteiger partial charge in [0, 0.05) is 43.1 Å². The Hall–Kier alpha value is -7.08. The molecule has 0 bridgehead atoms. The zero-order valence-electron chi connectivity index (χ0n) is 29.5. The number of aromatic nitrogens is 4. The molecule has 0 saturated carbocycles. The molecule has 0 N–H and O–H groups in total. The fourth-order valence-electron chi connectivity index (χ4n) is 7.88. The van der Waals surface area contributed by atoms with Gasteiger partial charge in [0.05, 0.1) is 5.69 Å². The second-order valence-electron chi connectivity index (χ2n) is 13.8. The highest BCUT2D eigenvalue weighted by atomic mass is 32.1. The van der Waals surface area contributed by atoms with E-state index in [0.717, 1.165) is 43.7 Å². The quantitative estimate of drug-likeness (QED) is 0.166. The molecule has 55 heavy (non-hydrogen) atoms. The number of fused-ring (bicyclic) bond motifs is 8. The summed E-state index contributed by atoms with van der Waals surface area (Å²) in [5.74, 6) is 1.89. The molecule has 8 aromatic carbocycles. The second-order valence-corrected chi connectivity index (χ2v) is 14.8. The van der Waals surface area contributed by atoms with Gasteiger partial charge in [0.25, 0.3) is 0 Å². The summed E-state index contributed by atoms with van der Waals surface area (Å²) in [7, 11) is 0. The lowest BCUT2D eigenvalue weighted by Crippen LogP contribution is -2.00. The lowest BCUT2D eigenvalue weighted by atomic mass is 9.93. The van der Waals surface area contributed by atoms with E-state index in [1.807, 2.05) is 30.3 Å². The fraction of sp³-hybridized carbons (Fsp3) is 0. The molecule has 5 heteroatoms. The van der Waals surface area contributed by atoms with Crippen molar-refractivity contribution in [2.75, 3.05) is 0 Å². The Morgan fingerprint density at radius 1 is 0.327 bits per heavy atom. The Kier molecular flexibility index (Phi) is 7.32. The van der Waals surface area contributed by atoms with Crippen LogP contribution in [0.3, 0.4) is 0 Å². The van der Waals surface area contributed by atoms with Crippen LogP contribution >= 0.6 is 11.3 Å². The Bertz CT molecular complexity index is 3240. The van der Waals surface area contributed by atoms with E-state index in [2.05, 4.69) is 152 Å².